The summed E-state index contributed by atoms with van der Waals surface area (Å²) in [7, 11) is 0. The van der Waals surface area contributed by atoms with Crippen LogP contribution in [0.3, 0.4) is 0 Å². The Bertz CT molecular complexity index is 614. The van der Waals surface area contributed by atoms with Gasteiger partial charge in [-0.25, -0.2) is 4.39 Å². The predicted octanol–water partition coefficient (Wildman–Crippen LogP) is 4.00. The van der Waals surface area contributed by atoms with E-state index in [4.69, 9.17) is 0 Å². The van der Waals surface area contributed by atoms with E-state index in [0.717, 1.165) is 16.8 Å². The molecule has 0 spiro atoms. The summed E-state index contributed by atoms with van der Waals surface area (Å²) < 4.78 is 13.9. The Morgan fingerprint density at radius 1 is 0.947 bits per heavy atom. The normalized spacial score (nSPS) is 10.3. The van der Waals surface area contributed by atoms with Crippen LogP contribution in [0, 0.1) is 26.6 Å². The zero-order valence-electron chi connectivity index (χ0n) is 11.3. The van der Waals surface area contributed by atoms with Gasteiger partial charge in [0.2, 0.25) is 0 Å². The van der Waals surface area contributed by atoms with Crippen molar-refractivity contribution in [3.05, 3.63) is 64.5 Å². The monoisotopic (exact) mass is 257 g/mol. The summed E-state index contributed by atoms with van der Waals surface area (Å²) in [4.78, 5) is 12.1. The van der Waals surface area contributed by atoms with Gasteiger partial charge >= 0.3 is 0 Å². The number of amides is 1. The summed E-state index contributed by atoms with van der Waals surface area (Å²) in [6.07, 6.45) is 0. The molecule has 0 aliphatic rings. The summed E-state index contributed by atoms with van der Waals surface area (Å²) in [5.74, 6) is -0.884. The number of aryl methyl sites for hydroxylation is 3. The molecular formula is C16H16FNO. The lowest BCUT2D eigenvalue weighted by Gasteiger charge is -2.12. The summed E-state index contributed by atoms with van der Waals surface area (Å²) in [6.45, 7) is 5.47. The lowest BCUT2D eigenvalue weighted by atomic mass is 10.1. The van der Waals surface area contributed by atoms with Gasteiger partial charge in [-0.1, -0.05) is 30.3 Å². The minimum absolute atomic E-state index is 0.0719. The molecule has 0 heterocycles. The molecule has 19 heavy (non-hydrogen) atoms. The van der Waals surface area contributed by atoms with Crippen LogP contribution in [-0.4, -0.2) is 5.91 Å². The molecule has 0 unspecified atom stereocenters. The van der Waals surface area contributed by atoms with E-state index in [2.05, 4.69) is 5.32 Å². The fourth-order valence-corrected chi connectivity index (χ4v) is 2.02. The van der Waals surface area contributed by atoms with Gasteiger partial charge in [-0.3, -0.25) is 4.79 Å². The van der Waals surface area contributed by atoms with E-state index in [1.807, 2.05) is 32.0 Å². The minimum atomic E-state index is -0.466. The molecule has 0 saturated heterocycles. The van der Waals surface area contributed by atoms with Crippen LogP contribution in [0.2, 0.25) is 0 Å². The number of rotatable bonds is 2. The average Bonchev–Trinajstić information content (AvgIpc) is 2.37. The average molecular weight is 257 g/mol. The maximum Gasteiger partial charge on any atom is 0.258 e. The highest BCUT2D eigenvalue weighted by Crippen LogP contribution is 2.21. The number of anilines is 1. The molecule has 98 valence electrons. The zero-order valence-corrected chi connectivity index (χ0v) is 11.3. The van der Waals surface area contributed by atoms with Crippen LogP contribution in [-0.2, 0) is 0 Å². The van der Waals surface area contributed by atoms with E-state index in [0.29, 0.717) is 5.56 Å². The van der Waals surface area contributed by atoms with E-state index in [1.54, 1.807) is 19.1 Å². The topological polar surface area (TPSA) is 29.1 Å². The summed E-state index contributed by atoms with van der Waals surface area (Å²) in [6, 6.07) is 10.6. The van der Waals surface area contributed by atoms with Crippen LogP contribution in [0.4, 0.5) is 10.1 Å². The van der Waals surface area contributed by atoms with Crippen molar-refractivity contribution >= 4 is 11.6 Å². The van der Waals surface area contributed by atoms with Crippen LogP contribution in [0.25, 0.3) is 0 Å². The second-order valence-electron chi connectivity index (χ2n) is 4.66. The first-order valence-corrected chi connectivity index (χ1v) is 6.13. The number of benzene rings is 2. The SMILES string of the molecule is Cc1cccc(C(=O)Nc2c(C)cccc2C)c1F. The van der Waals surface area contributed by atoms with Gasteiger partial charge in [0.15, 0.2) is 0 Å². The lowest BCUT2D eigenvalue weighted by Crippen LogP contribution is -2.15. The van der Waals surface area contributed by atoms with Gasteiger partial charge in [0.05, 0.1) is 5.56 Å². The fourth-order valence-electron chi connectivity index (χ4n) is 2.02. The number of hydrogen-bond donors (Lipinski definition) is 1. The van der Waals surface area contributed by atoms with Crippen molar-refractivity contribution in [2.75, 3.05) is 5.32 Å². The molecule has 0 aromatic heterocycles. The zero-order chi connectivity index (χ0) is 14.0. The lowest BCUT2D eigenvalue weighted by molar-refractivity contribution is 0.102. The molecule has 0 bridgehead atoms. The van der Waals surface area contributed by atoms with E-state index < -0.39 is 11.7 Å². The Labute approximate surface area is 112 Å². The third-order valence-corrected chi connectivity index (χ3v) is 3.16. The first kappa shape index (κ1) is 13.3. The number of halogens is 1. The maximum absolute atomic E-state index is 13.9. The number of carbonyl (C=O) groups is 1. The van der Waals surface area contributed by atoms with Gasteiger partial charge in [0, 0.05) is 5.69 Å². The number of carbonyl (C=O) groups excluding carboxylic acids is 1. The Balaban J connectivity index is 2.34. The molecule has 2 rings (SSSR count). The predicted molar refractivity (Wildman–Crippen MR) is 75.0 cm³/mol. The highest BCUT2D eigenvalue weighted by Gasteiger charge is 2.14. The van der Waals surface area contributed by atoms with Gasteiger partial charge in [-0.2, -0.15) is 0 Å². The number of hydrogen-bond acceptors (Lipinski definition) is 1. The van der Waals surface area contributed by atoms with Gasteiger partial charge in [-0.05, 0) is 43.5 Å². The summed E-state index contributed by atoms with van der Waals surface area (Å²) in [5, 5.41) is 2.78. The molecule has 1 amide bonds. The van der Waals surface area contributed by atoms with Crippen molar-refractivity contribution in [3.63, 3.8) is 0 Å². The van der Waals surface area contributed by atoms with Crippen molar-refractivity contribution in [3.8, 4) is 0 Å². The van der Waals surface area contributed by atoms with Crippen molar-refractivity contribution in [1.29, 1.82) is 0 Å². The highest BCUT2D eigenvalue weighted by atomic mass is 19.1. The Kier molecular flexibility index (Phi) is 3.65. The minimum Gasteiger partial charge on any atom is -0.321 e. The van der Waals surface area contributed by atoms with Crippen molar-refractivity contribution in [2.45, 2.75) is 20.8 Å². The molecule has 3 heteroatoms. The van der Waals surface area contributed by atoms with Crippen LogP contribution in [0.15, 0.2) is 36.4 Å². The van der Waals surface area contributed by atoms with Crippen LogP contribution >= 0.6 is 0 Å². The van der Waals surface area contributed by atoms with Gasteiger partial charge in [0.25, 0.3) is 5.91 Å². The molecule has 0 aliphatic carbocycles. The molecule has 0 atom stereocenters. The molecule has 0 fully saturated rings. The molecule has 1 N–H and O–H groups in total. The largest absolute Gasteiger partial charge is 0.321 e. The third-order valence-electron chi connectivity index (χ3n) is 3.16. The van der Waals surface area contributed by atoms with Gasteiger partial charge in [-0.15, -0.1) is 0 Å². The van der Waals surface area contributed by atoms with Gasteiger partial charge < -0.3 is 5.32 Å². The third kappa shape index (κ3) is 2.65. The van der Waals surface area contributed by atoms with Crippen molar-refractivity contribution in [2.24, 2.45) is 0 Å². The molecule has 0 aliphatic heterocycles. The van der Waals surface area contributed by atoms with Crippen molar-refractivity contribution in [1.82, 2.24) is 0 Å². The molecule has 2 aromatic rings. The van der Waals surface area contributed by atoms with E-state index in [-0.39, 0.29) is 5.56 Å². The van der Waals surface area contributed by atoms with E-state index in [9.17, 15) is 9.18 Å². The molecule has 2 nitrogen and oxygen atoms in total. The highest BCUT2D eigenvalue weighted by molar-refractivity contribution is 6.05. The molecule has 2 aromatic carbocycles. The van der Waals surface area contributed by atoms with E-state index >= 15 is 0 Å². The number of nitrogens with one attached hydrogen (secondary N) is 1. The fraction of sp³-hybridized carbons (Fsp3) is 0.188. The first-order valence-electron chi connectivity index (χ1n) is 6.13. The van der Waals surface area contributed by atoms with Crippen LogP contribution in [0.1, 0.15) is 27.0 Å². The molecule has 0 radical (unpaired) electrons. The summed E-state index contributed by atoms with van der Waals surface area (Å²) in [5.41, 5.74) is 3.20. The second kappa shape index (κ2) is 5.22. The van der Waals surface area contributed by atoms with Gasteiger partial charge in [0.1, 0.15) is 5.82 Å². The molecule has 0 saturated carbocycles. The quantitative estimate of drug-likeness (QED) is 0.865. The first-order chi connectivity index (χ1) is 9.00. The Hall–Kier alpha value is -2.16. The number of para-hydroxylation sites is 1. The van der Waals surface area contributed by atoms with E-state index in [1.165, 1.54) is 6.07 Å². The van der Waals surface area contributed by atoms with Crippen LogP contribution < -0.4 is 5.32 Å². The van der Waals surface area contributed by atoms with Crippen molar-refractivity contribution < 1.29 is 9.18 Å². The Morgan fingerprint density at radius 2 is 1.47 bits per heavy atom. The second-order valence-corrected chi connectivity index (χ2v) is 4.66. The van der Waals surface area contributed by atoms with Crippen LogP contribution in [0.5, 0.6) is 0 Å². The standard InChI is InChI=1S/C16H16FNO/c1-10-6-5-9-13(14(10)17)16(19)18-15-11(2)7-4-8-12(15)3/h4-9H,1-3H3,(H,18,19). The Morgan fingerprint density at radius 3 is 2.11 bits per heavy atom. The molecular weight excluding hydrogens is 241 g/mol. The summed E-state index contributed by atoms with van der Waals surface area (Å²) >= 11 is 0. The smallest absolute Gasteiger partial charge is 0.258 e. The maximum atomic E-state index is 13.9.